The van der Waals surface area contributed by atoms with Gasteiger partial charge in [0, 0.05) is 38.1 Å². The monoisotopic (exact) mass is 400 g/mol. The molecule has 2 aliphatic heterocycles. The number of allylic oxidation sites excluding steroid dienone is 1. The summed E-state index contributed by atoms with van der Waals surface area (Å²) >= 11 is 0. The molecule has 0 spiro atoms. The third-order valence-electron chi connectivity index (χ3n) is 7.73. The molecule has 3 aliphatic rings. The fraction of sp³-hybridized carbons (Fsp3) is 0.500. The van der Waals surface area contributed by atoms with Crippen molar-refractivity contribution in [1.29, 1.82) is 0 Å². The first kappa shape index (κ1) is 20.0. The van der Waals surface area contributed by atoms with E-state index in [1.165, 1.54) is 75.0 Å². The van der Waals surface area contributed by atoms with Gasteiger partial charge in [-0.3, -0.25) is 4.90 Å². The molecule has 0 unspecified atom stereocenters. The Labute approximate surface area is 182 Å². The Morgan fingerprint density at radius 3 is 2.50 bits per heavy atom. The van der Waals surface area contributed by atoms with Crippen molar-refractivity contribution in [3.8, 4) is 0 Å². The Morgan fingerprint density at radius 2 is 1.73 bits per heavy atom. The molecule has 0 amide bonds. The minimum Gasteiger partial charge on any atom is -0.300 e. The number of hydrogen-bond acceptors (Lipinski definition) is 2. The van der Waals surface area contributed by atoms with Crippen LogP contribution < -0.4 is 0 Å². The fourth-order valence-corrected chi connectivity index (χ4v) is 5.97. The zero-order valence-corrected chi connectivity index (χ0v) is 18.5. The molecule has 0 N–H and O–H groups in total. The summed E-state index contributed by atoms with van der Waals surface area (Å²) in [6.45, 7) is 8.43. The first-order valence-corrected chi connectivity index (χ1v) is 12.1. The van der Waals surface area contributed by atoms with E-state index < -0.39 is 0 Å². The van der Waals surface area contributed by atoms with Crippen LogP contribution in [0.1, 0.15) is 49.3 Å². The van der Waals surface area contributed by atoms with E-state index in [-0.39, 0.29) is 0 Å². The summed E-state index contributed by atoms with van der Waals surface area (Å²) in [4.78, 5) is 5.33. The fourth-order valence-electron chi connectivity index (χ4n) is 5.97. The zero-order chi connectivity index (χ0) is 20.3. The number of hydrogen-bond donors (Lipinski definition) is 0. The number of benzene rings is 2. The van der Waals surface area contributed by atoms with Crippen LogP contribution in [0.3, 0.4) is 0 Å². The van der Waals surface area contributed by atoms with Gasteiger partial charge in [-0.05, 0) is 73.8 Å². The second-order valence-electron chi connectivity index (χ2n) is 9.76. The number of likely N-dealkylation sites (tertiary alicyclic amines) is 2. The van der Waals surface area contributed by atoms with Gasteiger partial charge < -0.3 is 4.90 Å². The highest BCUT2D eigenvalue weighted by Crippen LogP contribution is 2.41. The van der Waals surface area contributed by atoms with Gasteiger partial charge in [0.05, 0.1) is 0 Å². The molecule has 2 saturated heterocycles. The predicted octanol–water partition coefficient (Wildman–Crippen LogP) is 5.64. The van der Waals surface area contributed by atoms with E-state index in [9.17, 15) is 0 Å². The van der Waals surface area contributed by atoms with Crippen LogP contribution in [0.15, 0.2) is 60.7 Å². The maximum absolute atomic E-state index is 2.68. The van der Waals surface area contributed by atoms with Gasteiger partial charge in [-0.1, -0.05) is 60.7 Å². The van der Waals surface area contributed by atoms with Crippen molar-refractivity contribution < 1.29 is 0 Å². The summed E-state index contributed by atoms with van der Waals surface area (Å²) in [6, 6.07) is 21.3. The number of fused-ring (bicyclic) bond motifs is 1. The molecule has 5 rings (SSSR count). The summed E-state index contributed by atoms with van der Waals surface area (Å²) in [5.74, 6) is 1.53. The van der Waals surface area contributed by atoms with Crippen LogP contribution in [-0.4, -0.2) is 42.0 Å². The van der Waals surface area contributed by atoms with Gasteiger partial charge in [0.25, 0.3) is 0 Å². The van der Waals surface area contributed by atoms with Crippen molar-refractivity contribution in [2.24, 2.45) is 11.8 Å². The van der Waals surface area contributed by atoms with Gasteiger partial charge in [0.1, 0.15) is 0 Å². The summed E-state index contributed by atoms with van der Waals surface area (Å²) in [5.41, 5.74) is 6.01. The lowest BCUT2D eigenvalue weighted by atomic mass is 9.78. The summed E-state index contributed by atoms with van der Waals surface area (Å²) < 4.78 is 0. The molecular weight excluding hydrogens is 364 g/mol. The summed E-state index contributed by atoms with van der Waals surface area (Å²) in [5, 5.41) is 0. The molecule has 2 fully saturated rings. The quantitative estimate of drug-likeness (QED) is 0.619. The van der Waals surface area contributed by atoms with Crippen molar-refractivity contribution in [3.05, 3.63) is 77.4 Å². The lowest BCUT2D eigenvalue weighted by molar-refractivity contribution is 0.272. The second kappa shape index (κ2) is 9.08. The first-order valence-electron chi connectivity index (χ1n) is 12.1. The van der Waals surface area contributed by atoms with Gasteiger partial charge >= 0.3 is 0 Å². The highest BCUT2D eigenvalue weighted by Gasteiger charge is 2.36. The minimum absolute atomic E-state index is 0.707. The topological polar surface area (TPSA) is 6.48 Å². The Morgan fingerprint density at radius 1 is 0.900 bits per heavy atom. The standard InChI is InChI=1S/C28H36N2/c1-22-7-6-17-30(22)18-16-23-12-14-25(15-13-23)27-11-5-10-26-20-29(21-28(26)27)19-24-8-3-2-4-9-24/h2-4,8-9,11-15,22,26,28H,5-7,10,16-21H2,1H3/t22-,26+,28-/m1/s1. The highest BCUT2D eigenvalue weighted by atomic mass is 15.2. The van der Waals surface area contributed by atoms with Gasteiger partial charge in [-0.2, -0.15) is 0 Å². The van der Waals surface area contributed by atoms with E-state index in [1.54, 1.807) is 5.57 Å². The van der Waals surface area contributed by atoms with Crippen molar-refractivity contribution in [2.45, 2.75) is 51.6 Å². The van der Waals surface area contributed by atoms with Gasteiger partial charge in [-0.15, -0.1) is 0 Å². The lowest BCUT2D eigenvalue weighted by Gasteiger charge is -2.26. The maximum Gasteiger partial charge on any atom is 0.0234 e. The Bertz CT molecular complexity index is 854. The van der Waals surface area contributed by atoms with Crippen LogP contribution in [0.25, 0.3) is 5.57 Å². The van der Waals surface area contributed by atoms with Crippen LogP contribution in [0, 0.1) is 11.8 Å². The van der Waals surface area contributed by atoms with E-state index in [2.05, 4.69) is 77.4 Å². The lowest BCUT2D eigenvalue weighted by Crippen LogP contribution is -2.28. The molecule has 0 bridgehead atoms. The van der Waals surface area contributed by atoms with E-state index in [0.717, 1.165) is 18.5 Å². The maximum atomic E-state index is 2.68. The molecule has 2 aromatic rings. The molecule has 3 atom stereocenters. The highest BCUT2D eigenvalue weighted by molar-refractivity contribution is 5.69. The van der Waals surface area contributed by atoms with Crippen LogP contribution in [0.4, 0.5) is 0 Å². The van der Waals surface area contributed by atoms with Crippen LogP contribution >= 0.6 is 0 Å². The average Bonchev–Trinajstić information content (AvgIpc) is 3.38. The van der Waals surface area contributed by atoms with Crippen LogP contribution in [-0.2, 0) is 13.0 Å². The van der Waals surface area contributed by atoms with Crippen molar-refractivity contribution in [3.63, 3.8) is 0 Å². The summed E-state index contributed by atoms with van der Waals surface area (Å²) in [7, 11) is 0. The first-order chi connectivity index (χ1) is 14.8. The molecule has 158 valence electrons. The SMILES string of the molecule is C[C@@H]1CCCN1CCc1ccc(C2=CCC[C@H]3CN(Cc4ccccc4)C[C@@H]23)cc1. The van der Waals surface area contributed by atoms with Crippen molar-refractivity contribution >= 4 is 5.57 Å². The molecule has 2 heterocycles. The molecule has 0 saturated carbocycles. The number of nitrogens with zero attached hydrogens (tertiary/aromatic N) is 2. The normalized spacial score (nSPS) is 27.2. The van der Waals surface area contributed by atoms with E-state index in [0.29, 0.717) is 5.92 Å². The molecule has 1 aliphatic carbocycles. The van der Waals surface area contributed by atoms with Gasteiger partial charge in [-0.25, -0.2) is 0 Å². The molecular formula is C28H36N2. The van der Waals surface area contributed by atoms with Gasteiger partial charge in [0.2, 0.25) is 0 Å². The Hall–Kier alpha value is -1.90. The van der Waals surface area contributed by atoms with Crippen LogP contribution in [0.2, 0.25) is 0 Å². The van der Waals surface area contributed by atoms with Crippen molar-refractivity contribution in [1.82, 2.24) is 9.80 Å². The molecule has 0 aromatic heterocycles. The summed E-state index contributed by atoms with van der Waals surface area (Å²) in [6.07, 6.45) is 9.06. The van der Waals surface area contributed by atoms with E-state index in [4.69, 9.17) is 0 Å². The molecule has 0 radical (unpaired) electrons. The van der Waals surface area contributed by atoms with E-state index in [1.807, 2.05) is 0 Å². The third kappa shape index (κ3) is 4.40. The molecule has 2 aromatic carbocycles. The average molecular weight is 401 g/mol. The Balaban J connectivity index is 1.22. The molecule has 30 heavy (non-hydrogen) atoms. The minimum atomic E-state index is 0.707. The van der Waals surface area contributed by atoms with Crippen molar-refractivity contribution in [2.75, 3.05) is 26.2 Å². The van der Waals surface area contributed by atoms with Crippen LogP contribution in [0.5, 0.6) is 0 Å². The number of rotatable bonds is 6. The largest absolute Gasteiger partial charge is 0.300 e. The zero-order valence-electron chi connectivity index (χ0n) is 18.5. The molecule has 2 heteroatoms. The van der Waals surface area contributed by atoms with E-state index >= 15 is 0 Å². The Kier molecular flexibility index (Phi) is 6.06. The van der Waals surface area contributed by atoms with Gasteiger partial charge in [0.15, 0.2) is 0 Å². The predicted molar refractivity (Wildman–Crippen MR) is 126 cm³/mol. The molecule has 2 nitrogen and oxygen atoms in total. The second-order valence-corrected chi connectivity index (χ2v) is 9.76. The smallest absolute Gasteiger partial charge is 0.0234 e. The third-order valence-corrected chi connectivity index (χ3v) is 7.73.